The summed E-state index contributed by atoms with van der Waals surface area (Å²) >= 11 is 0. The number of nitrogens with one attached hydrogen (secondary N) is 3. The first-order valence-corrected chi connectivity index (χ1v) is 8.93. The van der Waals surface area contributed by atoms with Gasteiger partial charge in [-0.15, -0.1) is 0 Å². The van der Waals surface area contributed by atoms with E-state index in [9.17, 15) is 14.4 Å². The third-order valence-electron chi connectivity index (χ3n) is 4.23. The molecule has 7 nitrogen and oxygen atoms in total. The molecule has 0 atom stereocenters. The summed E-state index contributed by atoms with van der Waals surface area (Å²) in [6.45, 7) is 1.86. The van der Waals surface area contributed by atoms with E-state index in [1.807, 2.05) is 24.3 Å². The molecule has 0 aliphatic carbocycles. The molecule has 0 aliphatic rings. The molecule has 0 aliphatic heterocycles. The van der Waals surface area contributed by atoms with Crippen LogP contribution in [0.4, 0.5) is 0 Å². The predicted octanol–water partition coefficient (Wildman–Crippen LogP) is 2.99. The van der Waals surface area contributed by atoms with Crippen LogP contribution in [0, 0.1) is 0 Å². The number of ketones is 1. The summed E-state index contributed by atoms with van der Waals surface area (Å²) in [6, 6.07) is 14.3. The molecule has 3 aromatic rings. The normalized spacial score (nSPS) is 10.5. The highest BCUT2D eigenvalue weighted by Crippen LogP contribution is 2.17. The summed E-state index contributed by atoms with van der Waals surface area (Å²) in [5, 5.41) is 0.790. The van der Waals surface area contributed by atoms with E-state index < -0.39 is 0 Å². The molecule has 2 aromatic carbocycles. The van der Waals surface area contributed by atoms with Crippen LogP contribution in [0.1, 0.15) is 40.5 Å². The van der Waals surface area contributed by atoms with Crippen molar-refractivity contribution in [1.82, 2.24) is 15.8 Å². The highest BCUT2D eigenvalue weighted by Gasteiger charge is 2.12. The van der Waals surface area contributed by atoms with Crippen molar-refractivity contribution >= 4 is 28.5 Å². The minimum atomic E-state index is -0.382. The lowest BCUT2D eigenvalue weighted by Crippen LogP contribution is -2.41. The van der Waals surface area contributed by atoms with E-state index in [0.717, 1.165) is 10.9 Å². The van der Waals surface area contributed by atoms with Crippen molar-refractivity contribution in [3.63, 3.8) is 0 Å². The zero-order valence-electron chi connectivity index (χ0n) is 15.5. The van der Waals surface area contributed by atoms with Crippen LogP contribution < -0.4 is 15.6 Å². The lowest BCUT2D eigenvalue weighted by Gasteiger charge is -2.08. The van der Waals surface area contributed by atoms with Crippen LogP contribution in [0.2, 0.25) is 0 Å². The minimum absolute atomic E-state index is 0.00194. The first-order chi connectivity index (χ1) is 13.5. The summed E-state index contributed by atoms with van der Waals surface area (Å²) < 4.78 is 5.54. The molecule has 2 amide bonds. The molecule has 0 spiro atoms. The molecule has 7 heteroatoms. The van der Waals surface area contributed by atoms with Crippen LogP contribution in [0.25, 0.3) is 10.9 Å². The van der Waals surface area contributed by atoms with Gasteiger partial charge in [0.15, 0.2) is 5.78 Å². The molecule has 0 radical (unpaired) electrons. The largest absolute Gasteiger partial charge is 0.494 e. The Morgan fingerprint density at radius 2 is 1.75 bits per heavy atom. The summed E-state index contributed by atoms with van der Waals surface area (Å²) in [6.07, 6.45) is 2.31. The predicted molar refractivity (Wildman–Crippen MR) is 105 cm³/mol. The van der Waals surface area contributed by atoms with Crippen LogP contribution in [0.3, 0.4) is 0 Å². The first-order valence-electron chi connectivity index (χ1n) is 8.93. The number of benzene rings is 2. The van der Waals surface area contributed by atoms with Crippen molar-refractivity contribution in [2.45, 2.75) is 19.8 Å². The number of para-hydroxylation sites is 1. The Morgan fingerprint density at radius 1 is 1.00 bits per heavy atom. The number of hydrazine groups is 1. The van der Waals surface area contributed by atoms with Crippen LogP contribution in [0.15, 0.2) is 54.7 Å². The van der Waals surface area contributed by atoms with Gasteiger partial charge in [0, 0.05) is 29.1 Å². The van der Waals surface area contributed by atoms with E-state index in [2.05, 4.69) is 15.8 Å². The Balaban J connectivity index is 1.38. The van der Waals surface area contributed by atoms with E-state index in [1.165, 1.54) is 6.92 Å². The number of ether oxygens (including phenoxy) is 1. The fourth-order valence-corrected chi connectivity index (χ4v) is 2.72. The van der Waals surface area contributed by atoms with Crippen LogP contribution in [-0.4, -0.2) is 29.2 Å². The average Bonchev–Trinajstić information content (AvgIpc) is 3.14. The van der Waals surface area contributed by atoms with Gasteiger partial charge in [-0.25, -0.2) is 0 Å². The molecule has 0 saturated carbocycles. The van der Waals surface area contributed by atoms with E-state index in [0.29, 0.717) is 29.9 Å². The van der Waals surface area contributed by atoms with Gasteiger partial charge in [0.2, 0.25) is 5.91 Å². The molecule has 28 heavy (non-hydrogen) atoms. The third-order valence-corrected chi connectivity index (χ3v) is 4.23. The number of rotatable bonds is 7. The fourth-order valence-electron chi connectivity index (χ4n) is 2.72. The molecule has 1 heterocycles. The second-order valence-electron chi connectivity index (χ2n) is 6.28. The Labute approximate surface area is 162 Å². The number of fused-ring (bicyclic) bond motifs is 1. The molecule has 0 bridgehead atoms. The van der Waals surface area contributed by atoms with Gasteiger partial charge in [0.05, 0.1) is 12.2 Å². The highest BCUT2D eigenvalue weighted by molar-refractivity contribution is 6.07. The monoisotopic (exact) mass is 379 g/mol. The van der Waals surface area contributed by atoms with Gasteiger partial charge in [-0.3, -0.25) is 25.2 Å². The molecular weight excluding hydrogens is 358 g/mol. The summed E-state index contributed by atoms with van der Waals surface area (Å²) in [4.78, 5) is 38.3. The quantitative estimate of drug-likeness (QED) is 0.334. The average molecular weight is 379 g/mol. The Morgan fingerprint density at radius 3 is 2.50 bits per heavy atom. The van der Waals surface area contributed by atoms with Crippen molar-refractivity contribution in [2.75, 3.05) is 6.61 Å². The molecule has 3 N–H and O–H groups in total. The standard InChI is InChI=1S/C21H21N3O4/c1-14(25)15-8-10-16(11-9-15)28-12-4-7-20(26)23-24-21(27)18-13-22-19-6-3-2-5-17(18)19/h2-3,5-6,8-11,13,22H,4,7,12H2,1H3,(H,23,26)(H,24,27). The summed E-state index contributed by atoms with van der Waals surface area (Å²) in [5.41, 5.74) is 6.77. The van der Waals surface area contributed by atoms with E-state index in [4.69, 9.17) is 4.74 Å². The second kappa shape index (κ2) is 8.85. The van der Waals surface area contributed by atoms with Crippen molar-refractivity contribution in [3.8, 4) is 5.75 Å². The number of amides is 2. The van der Waals surface area contributed by atoms with Gasteiger partial charge in [-0.2, -0.15) is 0 Å². The van der Waals surface area contributed by atoms with Crippen LogP contribution in [-0.2, 0) is 4.79 Å². The minimum Gasteiger partial charge on any atom is -0.494 e. The highest BCUT2D eigenvalue weighted by atomic mass is 16.5. The molecule has 144 valence electrons. The zero-order chi connectivity index (χ0) is 19.9. The van der Waals surface area contributed by atoms with E-state index in [-0.39, 0.29) is 24.0 Å². The SMILES string of the molecule is CC(=O)c1ccc(OCCCC(=O)NNC(=O)c2c[nH]c3ccccc23)cc1. The Hall–Kier alpha value is -3.61. The van der Waals surface area contributed by atoms with Gasteiger partial charge in [0.1, 0.15) is 5.75 Å². The first kappa shape index (κ1) is 19.2. The maximum atomic E-state index is 12.2. The van der Waals surface area contributed by atoms with Gasteiger partial charge in [-0.05, 0) is 43.7 Å². The molecule has 3 rings (SSSR count). The van der Waals surface area contributed by atoms with Crippen molar-refractivity contribution < 1.29 is 19.1 Å². The molecule has 0 saturated heterocycles. The lowest BCUT2D eigenvalue weighted by molar-refractivity contribution is -0.122. The van der Waals surface area contributed by atoms with Gasteiger partial charge >= 0.3 is 0 Å². The van der Waals surface area contributed by atoms with E-state index in [1.54, 1.807) is 30.5 Å². The van der Waals surface area contributed by atoms with Crippen molar-refractivity contribution in [3.05, 3.63) is 65.9 Å². The summed E-state index contributed by atoms with van der Waals surface area (Å²) in [5.74, 6) is -0.0488. The number of carbonyl (C=O) groups is 3. The number of Topliss-reactive ketones (excluding diaryl/α,β-unsaturated/α-hetero) is 1. The van der Waals surface area contributed by atoms with Crippen molar-refractivity contribution in [1.29, 1.82) is 0 Å². The molecule has 1 aromatic heterocycles. The van der Waals surface area contributed by atoms with Gasteiger partial charge in [-0.1, -0.05) is 18.2 Å². The smallest absolute Gasteiger partial charge is 0.271 e. The number of carbonyl (C=O) groups excluding carboxylic acids is 3. The summed E-state index contributed by atoms with van der Waals surface area (Å²) in [7, 11) is 0. The molecule has 0 fully saturated rings. The van der Waals surface area contributed by atoms with Crippen molar-refractivity contribution in [2.24, 2.45) is 0 Å². The van der Waals surface area contributed by atoms with E-state index >= 15 is 0 Å². The number of H-pyrrole nitrogens is 1. The van der Waals surface area contributed by atoms with Gasteiger partial charge in [0.25, 0.3) is 5.91 Å². The van der Waals surface area contributed by atoms with Crippen LogP contribution >= 0.6 is 0 Å². The third kappa shape index (κ3) is 4.76. The molecule has 0 unspecified atom stereocenters. The van der Waals surface area contributed by atoms with Gasteiger partial charge < -0.3 is 9.72 Å². The Bertz CT molecular complexity index is 992. The zero-order valence-corrected chi connectivity index (χ0v) is 15.5. The maximum absolute atomic E-state index is 12.2. The maximum Gasteiger partial charge on any atom is 0.271 e. The topological polar surface area (TPSA) is 100 Å². The fraction of sp³-hybridized carbons (Fsp3) is 0.190. The Kier molecular flexibility index (Phi) is 6.06. The molecular formula is C21H21N3O4. The number of hydrogen-bond acceptors (Lipinski definition) is 4. The number of aromatic nitrogens is 1. The van der Waals surface area contributed by atoms with Crippen LogP contribution in [0.5, 0.6) is 5.75 Å². The second-order valence-corrected chi connectivity index (χ2v) is 6.28. The number of hydrogen-bond donors (Lipinski definition) is 3. The number of aromatic amines is 1. The lowest BCUT2D eigenvalue weighted by atomic mass is 10.1.